The minimum Gasteiger partial charge on any atom is -0.347 e. The van der Waals surface area contributed by atoms with Gasteiger partial charge < -0.3 is 11.1 Å². The van der Waals surface area contributed by atoms with Gasteiger partial charge in [-0.25, -0.2) is 0 Å². The second kappa shape index (κ2) is 6.77. The molecule has 1 aromatic heterocycles. The number of thiophene rings is 1. The molecule has 1 aliphatic carbocycles. The molecule has 0 unspecified atom stereocenters. The maximum Gasteiger partial charge on any atom is 0.163 e. The van der Waals surface area contributed by atoms with Crippen LogP contribution in [0.5, 0.6) is 0 Å². The Morgan fingerprint density at radius 1 is 1.32 bits per heavy atom. The normalized spacial score (nSPS) is 15.5. The van der Waals surface area contributed by atoms with E-state index in [0.29, 0.717) is 6.54 Å². The zero-order valence-electron chi connectivity index (χ0n) is 15.2. The van der Waals surface area contributed by atoms with E-state index >= 15 is 0 Å². The Morgan fingerprint density at radius 3 is 2.60 bits per heavy atom. The van der Waals surface area contributed by atoms with Gasteiger partial charge in [-0.3, -0.25) is 4.79 Å². The average molecular weight is 355 g/mol. The predicted octanol–water partition coefficient (Wildman–Crippen LogP) is 5.01. The molecule has 1 aliphatic rings. The average Bonchev–Trinajstić information content (AvgIpc) is 2.90. The zero-order chi connectivity index (χ0) is 18.2. The van der Waals surface area contributed by atoms with Gasteiger partial charge in [-0.2, -0.15) is 0 Å². The summed E-state index contributed by atoms with van der Waals surface area (Å²) in [4.78, 5) is 13.7. The summed E-state index contributed by atoms with van der Waals surface area (Å²) in [5, 5.41) is 4.34. The summed E-state index contributed by atoms with van der Waals surface area (Å²) in [6.07, 6.45) is 3.18. The number of carbonyl (C=O) groups excluding carboxylic acids is 1. The maximum absolute atomic E-state index is 12.3. The van der Waals surface area contributed by atoms with Gasteiger partial charge in [-0.1, -0.05) is 44.7 Å². The predicted molar refractivity (Wildman–Crippen MR) is 107 cm³/mol. The van der Waals surface area contributed by atoms with Gasteiger partial charge in [-0.05, 0) is 48.3 Å². The lowest BCUT2D eigenvalue weighted by Gasteiger charge is -2.29. The number of nitrogens with one attached hydrogen (secondary N) is 1. The first-order valence-electron chi connectivity index (χ1n) is 8.71. The van der Waals surface area contributed by atoms with Crippen molar-refractivity contribution in [3.05, 3.63) is 58.0 Å². The first-order chi connectivity index (χ1) is 11.8. The molecule has 0 spiro atoms. The molecular formula is C21H26N2OS. The molecule has 0 aliphatic heterocycles. The third-order valence-electron chi connectivity index (χ3n) is 4.93. The monoisotopic (exact) mass is 354 g/mol. The van der Waals surface area contributed by atoms with Crippen LogP contribution in [0.4, 0.5) is 5.00 Å². The molecule has 0 radical (unpaired) electrons. The first kappa shape index (κ1) is 17.9. The maximum atomic E-state index is 12.3. The number of anilines is 1. The van der Waals surface area contributed by atoms with Gasteiger partial charge in [0.15, 0.2) is 5.78 Å². The van der Waals surface area contributed by atoms with Crippen molar-refractivity contribution < 1.29 is 4.79 Å². The van der Waals surface area contributed by atoms with Gasteiger partial charge in [0, 0.05) is 17.1 Å². The Balaban J connectivity index is 1.90. The third kappa shape index (κ3) is 3.70. The standard InChI is InChI=1S/C21H26N2OS/c1-13(16-7-5-15(12-22)6-8-16)23-20-19(14(2)24)17-11-21(3,4)10-9-18(17)25-20/h5-8,23H,1,9-12,22H2,2-4H3. The third-order valence-corrected chi connectivity index (χ3v) is 6.14. The van der Waals surface area contributed by atoms with Crippen LogP contribution in [0.1, 0.15) is 59.1 Å². The lowest BCUT2D eigenvalue weighted by Crippen LogP contribution is -2.22. The van der Waals surface area contributed by atoms with Gasteiger partial charge in [0.1, 0.15) is 5.00 Å². The fourth-order valence-electron chi connectivity index (χ4n) is 3.43. The molecule has 2 aromatic rings. The number of benzene rings is 1. The van der Waals surface area contributed by atoms with Crippen LogP contribution in [0.25, 0.3) is 5.70 Å². The minimum absolute atomic E-state index is 0.129. The van der Waals surface area contributed by atoms with Gasteiger partial charge in [-0.15, -0.1) is 11.3 Å². The molecular weight excluding hydrogens is 328 g/mol. The fraction of sp³-hybridized carbons (Fsp3) is 0.381. The largest absolute Gasteiger partial charge is 0.347 e. The Hall–Kier alpha value is -1.91. The molecule has 3 N–H and O–H groups in total. The van der Waals surface area contributed by atoms with Crippen molar-refractivity contribution in [2.24, 2.45) is 11.1 Å². The van der Waals surface area contributed by atoms with E-state index < -0.39 is 0 Å². The Morgan fingerprint density at radius 2 is 2.00 bits per heavy atom. The van der Waals surface area contributed by atoms with Crippen LogP contribution >= 0.6 is 11.3 Å². The Kier molecular flexibility index (Phi) is 4.85. The van der Waals surface area contributed by atoms with Crippen LogP contribution in [0, 0.1) is 5.41 Å². The van der Waals surface area contributed by atoms with Gasteiger partial charge >= 0.3 is 0 Å². The number of rotatable bonds is 5. The number of aryl methyl sites for hydroxylation is 1. The van der Waals surface area contributed by atoms with Crippen LogP contribution in [0.15, 0.2) is 30.8 Å². The van der Waals surface area contributed by atoms with Crippen LogP contribution in [-0.4, -0.2) is 5.78 Å². The molecule has 132 valence electrons. The molecule has 1 heterocycles. The number of Topliss-reactive ketones (excluding diaryl/α,β-unsaturated/α-hetero) is 1. The van der Waals surface area contributed by atoms with Crippen molar-refractivity contribution in [3.63, 3.8) is 0 Å². The number of nitrogens with two attached hydrogens (primary N) is 1. The molecule has 25 heavy (non-hydrogen) atoms. The van der Waals surface area contributed by atoms with E-state index in [9.17, 15) is 4.79 Å². The van der Waals surface area contributed by atoms with Crippen molar-refractivity contribution in [1.29, 1.82) is 0 Å². The van der Waals surface area contributed by atoms with Crippen molar-refractivity contribution in [3.8, 4) is 0 Å². The molecule has 4 heteroatoms. The first-order valence-corrected chi connectivity index (χ1v) is 9.53. The molecule has 3 rings (SSSR count). The minimum atomic E-state index is 0.129. The Labute approximate surface area is 153 Å². The van der Waals surface area contributed by atoms with E-state index in [1.54, 1.807) is 18.3 Å². The summed E-state index contributed by atoms with van der Waals surface area (Å²) in [6.45, 7) is 10.9. The summed E-state index contributed by atoms with van der Waals surface area (Å²) < 4.78 is 0. The topological polar surface area (TPSA) is 55.1 Å². The summed E-state index contributed by atoms with van der Waals surface area (Å²) in [5.74, 6) is 0.129. The van der Waals surface area contributed by atoms with Gasteiger partial charge in [0.2, 0.25) is 0 Å². The second-order valence-electron chi connectivity index (χ2n) is 7.61. The van der Waals surface area contributed by atoms with E-state index in [1.807, 2.05) is 24.3 Å². The fourth-order valence-corrected chi connectivity index (χ4v) is 4.72. The van der Waals surface area contributed by atoms with Crippen molar-refractivity contribution in [2.45, 2.75) is 46.6 Å². The van der Waals surface area contributed by atoms with Crippen LogP contribution < -0.4 is 11.1 Å². The highest BCUT2D eigenvalue weighted by Gasteiger charge is 2.31. The SMILES string of the molecule is C=C(Nc1sc2c(c1C(C)=O)CC(C)(C)CC2)c1ccc(CN)cc1. The van der Waals surface area contributed by atoms with E-state index in [0.717, 1.165) is 40.2 Å². The van der Waals surface area contributed by atoms with Gasteiger partial charge in [0.25, 0.3) is 0 Å². The highest BCUT2D eigenvalue weighted by Crippen LogP contribution is 2.44. The molecule has 0 fully saturated rings. The van der Waals surface area contributed by atoms with Crippen LogP contribution in [0.2, 0.25) is 0 Å². The summed E-state index contributed by atoms with van der Waals surface area (Å²) in [7, 11) is 0. The highest BCUT2D eigenvalue weighted by molar-refractivity contribution is 7.16. The van der Waals surface area contributed by atoms with Crippen molar-refractivity contribution in [2.75, 3.05) is 5.32 Å². The molecule has 1 aromatic carbocycles. The number of hydrogen-bond donors (Lipinski definition) is 2. The molecule has 0 amide bonds. The second-order valence-corrected chi connectivity index (χ2v) is 8.71. The van der Waals surface area contributed by atoms with Crippen LogP contribution in [-0.2, 0) is 19.4 Å². The summed E-state index contributed by atoms with van der Waals surface area (Å²) in [5.41, 5.74) is 10.9. The van der Waals surface area contributed by atoms with E-state index in [-0.39, 0.29) is 11.2 Å². The summed E-state index contributed by atoms with van der Waals surface area (Å²) >= 11 is 1.71. The molecule has 3 nitrogen and oxygen atoms in total. The van der Waals surface area contributed by atoms with E-state index in [1.165, 1.54) is 16.9 Å². The van der Waals surface area contributed by atoms with E-state index in [4.69, 9.17) is 5.73 Å². The lowest BCUT2D eigenvalue weighted by atomic mass is 9.76. The molecule has 0 saturated heterocycles. The van der Waals surface area contributed by atoms with Gasteiger partial charge in [0.05, 0.1) is 5.56 Å². The quantitative estimate of drug-likeness (QED) is 0.742. The molecule has 0 atom stereocenters. The number of hydrogen-bond acceptors (Lipinski definition) is 4. The van der Waals surface area contributed by atoms with Crippen molar-refractivity contribution in [1.82, 2.24) is 0 Å². The Bertz CT molecular complexity index is 815. The van der Waals surface area contributed by atoms with E-state index in [2.05, 4.69) is 25.7 Å². The van der Waals surface area contributed by atoms with Crippen molar-refractivity contribution >= 4 is 27.8 Å². The highest BCUT2D eigenvalue weighted by atomic mass is 32.1. The zero-order valence-corrected chi connectivity index (χ0v) is 16.1. The van der Waals surface area contributed by atoms with Crippen LogP contribution in [0.3, 0.4) is 0 Å². The molecule has 0 saturated carbocycles. The number of carbonyl (C=O) groups is 1. The number of fused-ring (bicyclic) bond motifs is 1. The smallest absolute Gasteiger partial charge is 0.163 e. The summed E-state index contributed by atoms with van der Waals surface area (Å²) in [6, 6.07) is 8.05. The number of ketones is 1. The molecule has 0 bridgehead atoms. The lowest BCUT2D eigenvalue weighted by molar-refractivity contribution is 0.101.